The van der Waals surface area contributed by atoms with E-state index in [1.54, 1.807) is 24.1 Å². The number of hydrogen-bond donors (Lipinski definition) is 1. The summed E-state index contributed by atoms with van der Waals surface area (Å²) in [5, 5.41) is 2.61. The molecule has 1 aromatic rings. The van der Waals surface area contributed by atoms with Gasteiger partial charge in [-0.25, -0.2) is 4.39 Å². The average molecular weight is 180 g/mol. The Morgan fingerprint density at radius 2 is 2.31 bits per heavy atom. The van der Waals surface area contributed by atoms with E-state index in [2.05, 4.69) is 5.32 Å². The zero-order valence-electron chi connectivity index (χ0n) is 7.17. The highest BCUT2D eigenvalue weighted by molar-refractivity contribution is 6.01. The first-order valence-electron chi connectivity index (χ1n) is 3.98. The molecule has 0 atom stereocenters. The number of nitrogens with zero attached hydrogens (tertiary/aromatic N) is 1. The van der Waals surface area contributed by atoms with Crippen molar-refractivity contribution in [2.45, 2.75) is 0 Å². The highest BCUT2D eigenvalue weighted by Gasteiger charge is 2.21. The molecule has 0 aromatic heterocycles. The molecular weight excluding hydrogens is 171 g/mol. The van der Waals surface area contributed by atoms with E-state index < -0.39 is 0 Å². The van der Waals surface area contributed by atoms with E-state index >= 15 is 0 Å². The lowest BCUT2D eigenvalue weighted by Crippen LogP contribution is -2.35. The van der Waals surface area contributed by atoms with Crippen molar-refractivity contribution >= 4 is 17.3 Å². The van der Waals surface area contributed by atoms with Gasteiger partial charge in [0.2, 0.25) is 5.91 Å². The Hall–Kier alpha value is -1.58. The fraction of sp³-hybridized carbons (Fsp3) is 0.222. The van der Waals surface area contributed by atoms with Crippen LogP contribution in [0.25, 0.3) is 0 Å². The molecule has 0 radical (unpaired) electrons. The fourth-order valence-electron chi connectivity index (χ4n) is 1.49. The van der Waals surface area contributed by atoms with Crippen LogP contribution in [0, 0.1) is 5.82 Å². The van der Waals surface area contributed by atoms with E-state index in [0.29, 0.717) is 11.4 Å². The first-order valence-corrected chi connectivity index (χ1v) is 3.98. The first kappa shape index (κ1) is 8.04. The fourth-order valence-corrected chi connectivity index (χ4v) is 1.49. The van der Waals surface area contributed by atoms with E-state index in [1.165, 1.54) is 6.07 Å². The quantitative estimate of drug-likeness (QED) is 0.651. The van der Waals surface area contributed by atoms with Gasteiger partial charge in [0.1, 0.15) is 5.82 Å². The second-order valence-electron chi connectivity index (χ2n) is 3.04. The molecular formula is C9H9FN2O. The van der Waals surface area contributed by atoms with Gasteiger partial charge in [-0.2, -0.15) is 0 Å². The number of hydrogen-bond acceptors (Lipinski definition) is 2. The first-order chi connectivity index (χ1) is 6.18. The Balaban J connectivity index is 2.55. The number of carbonyl (C=O) groups excluding carboxylic acids is 1. The molecule has 0 saturated heterocycles. The molecule has 0 fully saturated rings. The maximum Gasteiger partial charge on any atom is 0.243 e. The van der Waals surface area contributed by atoms with Crippen molar-refractivity contribution in [3.63, 3.8) is 0 Å². The van der Waals surface area contributed by atoms with E-state index in [4.69, 9.17) is 0 Å². The molecule has 1 N–H and O–H groups in total. The zero-order valence-corrected chi connectivity index (χ0v) is 7.17. The molecule has 4 heteroatoms. The molecule has 1 aromatic carbocycles. The number of nitrogens with one attached hydrogen (secondary N) is 1. The molecule has 0 aliphatic carbocycles. The number of para-hydroxylation sites is 1. The number of likely N-dealkylation sites (N-methyl/N-ethyl adjacent to an activating group) is 1. The topological polar surface area (TPSA) is 32.3 Å². The molecule has 0 saturated carbocycles. The third-order valence-corrected chi connectivity index (χ3v) is 2.02. The predicted molar refractivity (Wildman–Crippen MR) is 48.3 cm³/mol. The lowest BCUT2D eigenvalue weighted by atomic mass is 10.2. The molecule has 2 rings (SSSR count). The summed E-state index contributed by atoms with van der Waals surface area (Å²) < 4.78 is 13.3. The van der Waals surface area contributed by atoms with Crippen LogP contribution in [-0.2, 0) is 4.79 Å². The summed E-state index contributed by atoms with van der Waals surface area (Å²) in [6.45, 7) is 0.202. The second kappa shape index (κ2) is 2.73. The minimum absolute atomic E-state index is 0.111. The summed E-state index contributed by atoms with van der Waals surface area (Å²) in [5.41, 5.74) is 1.00. The monoisotopic (exact) mass is 180 g/mol. The molecule has 68 valence electrons. The van der Waals surface area contributed by atoms with Gasteiger partial charge in [-0.05, 0) is 12.1 Å². The van der Waals surface area contributed by atoms with Gasteiger partial charge in [0.05, 0.1) is 17.9 Å². The predicted octanol–water partition coefficient (Wildman–Crippen LogP) is 1.21. The smallest absolute Gasteiger partial charge is 0.243 e. The molecule has 1 heterocycles. The molecule has 0 unspecified atom stereocenters. The number of benzene rings is 1. The number of carbonyl (C=O) groups is 1. The number of amides is 1. The number of anilines is 2. The molecule has 3 nitrogen and oxygen atoms in total. The van der Waals surface area contributed by atoms with Crippen LogP contribution in [0.1, 0.15) is 0 Å². The lowest BCUT2D eigenvalue weighted by molar-refractivity contribution is -0.115. The van der Waals surface area contributed by atoms with Crippen molar-refractivity contribution in [2.75, 3.05) is 23.8 Å². The lowest BCUT2D eigenvalue weighted by Gasteiger charge is -2.27. The Morgan fingerprint density at radius 3 is 3.08 bits per heavy atom. The summed E-state index contributed by atoms with van der Waals surface area (Å²) in [6.07, 6.45) is 0. The van der Waals surface area contributed by atoms with Gasteiger partial charge in [0, 0.05) is 7.05 Å². The van der Waals surface area contributed by atoms with Gasteiger partial charge < -0.3 is 10.2 Å². The van der Waals surface area contributed by atoms with Crippen molar-refractivity contribution in [1.82, 2.24) is 0 Å². The Morgan fingerprint density at radius 1 is 1.54 bits per heavy atom. The summed E-state index contributed by atoms with van der Waals surface area (Å²) in [4.78, 5) is 12.7. The summed E-state index contributed by atoms with van der Waals surface area (Å²) in [5.74, 6) is -0.416. The largest absolute Gasteiger partial charge is 0.361 e. The van der Waals surface area contributed by atoms with E-state index in [1.807, 2.05) is 0 Å². The van der Waals surface area contributed by atoms with Crippen molar-refractivity contribution in [3.05, 3.63) is 24.0 Å². The Kier molecular flexibility index (Phi) is 1.69. The number of halogens is 1. The highest BCUT2D eigenvalue weighted by Crippen LogP contribution is 2.30. The summed E-state index contributed by atoms with van der Waals surface area (Å²) in [6, 6.07) is 4.65. The summed E-state index contributed by atoms with van der Waals surface area (Å²) in [7, 11) is 1.70. The van der Waals surface area contributed by atoms with Crippen LogP contribution in [-0.4, -0.2) is 19.5 Å². The number of rotatable bonds is 0. The SMILES string of the molecule is CN1CC(=O)Nc2cccc(F)c21. The molecule has 13 heavy (non-hydrogen) atoms. The van der Waals surface area contributed by atoms with Gasteiger partial charge in [-0.15, -0.1) is 0 Å². The molecule has 1 aliphatic heterocycles. The van der Waals surface area contributed by atoms with E-state index in [9.17, 15) is 9.18 Å². The molecule has 0 bridgehead atoms. The normalized spacial score (nSPS) is 15.2. The molecule has 1 aliphatic rings. The number of fused-ring (bicyclic) bond motifs is 1. The van der Waals surface area contributed by atoms with Crippen molar-refractivity contribution in [1.29, 1.82) is 0 Å². The van der Waals surface area contributed by atoms with Crippen molar-refractivity contribution in [3.8, 4) is 0 Å². The van der Waals surface area contributed by atoms with Gasteiger partial charge in [-0.3, -0.25) is 4.79 Å². The van der Waals surface area contributed by atoms with Crippen LogP contribution < -0.4 is 10.2 Å². The van der Waals surface area contributed by atoms with Gasteiger partial charge in [0.25, 0.3) is 0 Å². The van der Waals surface area contributed by atoms with Crippen LogP contribution in [0.2, 0.25) is 0 Å². The zero-order chi connectivity index (χ0) is 9.42. The third-order valence-electron chi connectivity index (χ3n) is 2.02. The summed E-state index contributed by atoms with van der Waals surface area (Å²) >= 11 is 0. The van der Waals surface area contributed by atoms with E-state index in [-0.39, 0.29) is 18.3 Å². The van der Waals surface area contributed by atoms with E-state index in [0.717, 1.165) is 0 Å². The molecule has 1 amide bonds. The van der Waals surface area contributed by atoms with Crippen LogP contribution in [0.4, 0.5) is 15.8 Å². The Bertz CT molecular complexity index is 365. The minimum atomic E-state index is -0.306. The maximum absolute atomic E-state index is 13.3. The third kappa shape index (κ3) is 1.24. The van der Waals surface area contributed by atoms with Gasteiger partial charge >= 0.3 is 0 Å². The van der Waals surface area contributed by atoms with Crippen LogP contribution in [0.3, 0.4) is 0 Å². The van der Waals surface area contributed by atoms with Crippen LogP contribution >= 0.6 is 0 Å². The second-order valence-corrected chi connectivity index (χ2v) is 3.04. The van der Waals surface area contributed by atoms with Crippen molar-refractivity contribution < 1.29 is 9.18 Å². The van der Waals surface area contributed by atoms with Gasteiger partial charge in [-0.1, -0.05) is 6.07 Å². The maximum atomic E-state index is 13.3. The van der Waals surface area contributed by atoms with Crippen LogP contribution in [0.5, 0.6) is 0 Å². The highest BCUT2D eigenvalue weighted by atomic mass is 19.1. The van der Waals surface area contributed by atoms with Gasteiger partial charge in [0.15, 0.2) is 0 Å². The Labute approximate surface area is 75.2 Å². The standard InChI is InChI=1S/C9H9FN2O/c1-12-5-8(13)11-7-4-2-3-6(10)9(7)12/h2-4H,5H2,1H3,(H,11,13). The minimum Gasteiger partial charge on any atom is -0.361 e. The molecule has 0 spiro atoms. The van der Waals surface area contributed by atoms with Crippen LogP contribution in [0.15, 0.2) is 18.2 Å². The average Bonchev–Trinajstić information content (AvgIpc) is 2.02. The van der Waals surface area contributed by atoms with Crippen molar-refractivity contribution in [2.24, 2.45) is 0 Å².